The van der Waals surface area contributed by atoms with E-state index in [9.17, 15) is 10.1 Å². The maximum atomic E-state index is 10.8. The van der Waals surface area contributed by atoms with Gasteiger partial charge in [0.15, 0.2) is 0 Å². The molecule has 0 fully saturated rings. The molecule has 0 aliphatic heterocycles. The van der Waals surface area contributed by atoms with Crippen LogP contribution in [0.3, 0.4) is 0 Å². The minimum atomic E-state index is -0.497. The molecule has 0 saturated carbocycles. The minimum absolute atomic E-state index is 0.0577. The van der Waals surface area contributed by atoms with Crippen LogP contribution < -0.4 is 0 Å². The molecule has 0 saturated heterocycles. The van der Waals surface area contributed by atoms with Gasteiger partial charge in [0.2, 0.25) is 0 Å². The molecule has 0 bridgehead atoms. The van der Waals surface area contributed by atoms with Crippen LogP contribution in [0.1, 0.15) is 6.42 Å². The Hall–Kier alpha value is -0.490. The molecule has 0 aliphatic carbocycles. The van der Waals surface area contributed by atoms with Crippen LogP contribution in [0, 0.1) is 10.1 Å². The van der Waals surface area contributed by atoms with E-state index in [1.807, 2.05) is 0 Å². The quantitative estimate of drug-likeness (QED) is 0.389. The van der Waals surface area contributed by atoms with Crippen LogP contribution >= 0.6 is 35.0 Å². The Bertz CT molecular complexity index is 401. The van der Waals surface area contributed by atoms with Gasteiger partial charge in [0.25, 0.3) is 5.69 Å². The third-order valence-corrected chi connectivity index (χ3v) is 3.61. The number of halogens is 2. The third kappa shape index (κ3) is 3.52. The summed E-state index contributed by atoms with van der Waals surface area (Å²) >= 11 is 12.8. The molecule has 0 aliphatic rings. The first-order valence-corrected chi connectivity index (χ1v) is 6.17. The molecular weight excluding hydrogens is 273 g/mol. The number of hydrogen-bond donors (Lipinski definition) is 1. The summed E-state index contributed by atoms with van der Waals surface area (Å²) in [4.78, 5) is 10.7. The number of aliphatic hydroxyl groups is 1. The highest BCUT2D eigenvalue weighted by Gasteiger charge is 2.16. The van der Waals surface area contributed by atoms with E-state index < -0.39 is 4.92 Å². The Morgan fingerprint density at radius 2 is 2.00 bits per heavy atom. The van der Waals surface area contributed by atoms with E-state index in [1.54, 1.807) is 0 Å². The number of nitro groups is 1. The van der Waals surface area contributed by atoms with Crippen molar-refractivity contribution in [3.8, 4) is 0 Å². The number of benzene rings is 1. The monoisotopic (exact) mass is 281 g/mol. The molecule has 1 aromatic carbocycles. The molecule has 0 spiro atoms. The van der Waals surface area contributed by atoms with E-state index in [2.05, 4.69) is 0 Å². The van der Waals surface area contributed by atoms with Crippen molar-refractivity contribution < 1.29 is 10.0 Å². The Morgan fingerprint density at radius 3 is 2.56 bits per heavy atom. The van der Waals surface area contributed by atoms with E-state index in [0.29, 0.717) is 22.1 Å². The second kappa shape index (κ2) is 6.30. The van der Waals surface area contributed by atoms with Gasteiger partial charge in [-0.1, -0.05) is 23.2 Å². The second-order valence-electron chi connectivity index (χ2n) is 2.92. The fourth-order valence-electron chi connectivity index (χ4n) is 1.02. The van der Waals surface area contributed by atoms with Crippen LogP contribution in [0.4, 0.5) is 5.69 Å². The average Bonchev–Trinajstić information content (AvgIpc) is 2.23. The van der Waals surface area contributed by atoms with Gasteiger partial charge in [0.1, 0.15) is 0 Å². The van der Waals surface area contributed by atoms with Crippen molar-refractivity contribution >= 4 is 40.7 Å². The molecule has 0 aromatic heterocycles. The lowest BCUT2D eigenvalue weighted by atomic mass is 10.3. The molecule has 0 unspecified atom stereocenters. The number of rotatable bonds is 5. The average molecular weight is 282 g/mol. The van der Waals surface area contributed by atoms with Crippen molar-refractivity contribution in [3.05, 3.63) is 32.3 Å². The topological polar surface area (TPSA) is 63.4 Å². The number of nitrogens with zero attached hydrogens (tertiary/aromatic N) is 1. The molecule has 4 nitrogen and oxygen atoms in total. The molecule has 0 atom stereocenters. The standard InChI is InChI=1S/C9H9Cl2NO3S/c10-6-4-8(12(14)15)9(5-7(6)11)16-3-1-2-13/h4-5,13H,1-3H2. The SMILES string of the molecule is O=[N+]([O-])c1cc(Cl)c(Cl)cc1SCCCO. The van der Waals surface area contributed by atoms with Gasteiger partial charge in [-0.3, -0.25) is 10.1 Å². The van der Waals surface area contributed by atoms with Crippen LogP contribution in [0.15, 0.2) is 17.0 Å². The summed E-state index contributed by atoms with van der Waals surface area (Å²) in [5, 5.41) is 19.8. The van der Waals surface area contributed by atoms with E-state index in [0.717, 1.165) is 0 Å². The van der Waals surface area contributed by atoms with E-state index in [1.165, 1.54) is 23.9 Å². The predicted octanol–water partition coefficient (Wildman–Crippen LogP) is 3.38. The molecular formula is C9H9Cl2NO3S. The third-order valence-electron chi connectivity index (χ3n) is 1.76. The summed E-state index contributed by atoms with van der Waals surface area (Å²) in [5.41, 5.74) is -0.0580. The molecule has 1 rings (SSSR count). The van der Waals surface area contributed by atoms with Gasteiger partial charge in [0, 0.05) is 18.4 Å². The molecule has 88 valence electrons. The first kappa shape index (κ1) is 13.6. The summed E-state index contributed by atoms with van der Waals surface area (Å²) < 4.78 is 0. The van der Waals surface area contributed by atoms with E-state index >= 15 is 0 Å². The Morgan fingerprint density at radius 1 is 1.38 bits per heavy atom. The number of aliphatic hydroxyl groups excluding tert-OH is 1. The lowest BCUT2D eigenvalue weighted by molar-refractivity contribution is -0.387. The summed E-state index contributed by atoms with van der Waals surface area (Å²) in [7, 11) is 0. The molecule has 1 N–H and O–H groups in total. The normalized spacial score (nSPS) is 10.4. The molecule has 0 radical (unpaired) electrons. The van der Waals surface area contributed by atoms with Crippen LogP contribution in [0.2, 0.25) is 10.0 Å². The van der Waals surface area contributed by atoms with Gasteiger partial charge >= 0.3 is 0 Å². The lowest BCUT2D eigenvalue weighted by Gasteiger charge is -2.04. The van der Waals surface area contributed by atoms with Gasteiger partial charge < -0.3 is 5.11 Å². The number of nitro benzene ring substituents is 1. The van der Waals surface area contributed by atoms with Gasteiger partial charge in [-0.05, 0) is 12.5 Å². The van der Waals surface area contributed by atoms with Crippen molar-refractivity contribution in [2.75, 3.05) is 12.4 Å². The zero-order valence-electron chi connectivity index (χ0n) is 8.15. The molecule has 7 heteroatoms. The summed E-state index contributed by atoms with van der Waals surface area (Å²) in [6.45, 7) is 0.0577. The maximum absolute atomic E-state index is 10.8. The summed E-state index contributed by atoms with van der Waals surface area (Å²) in [6, 6.07) is 2.72. The van der Waals surface area contributed by atoms with Gasteiger partial charge in [0.05, 0.1) is 19.9 Å². The lowest BCUT2D eigenvalue weighted by Crippen LogP contribution is -1.93. The highest BCUT2D eigenvalue weighted by atomic mass is 35.5. The molecule has 0 amide bonds. The zero-order valence-corrected chi connectivity index (χ0v) is 10.5. The first-order chi connectivity index (χ1) is 7.56. The highest BCUT2D eigenvalue weighted by Crippen LogP contribution is 2.36. The summed E-state index contributed by atoms with van der Waals surface area (Å²) in [5.74, 6) is 0.593. The van der Waals surface area contributed by atoms with Crippen LogP contribution in [0.5, 0.6) is 0 Å². The predicted molar refractivity (Wildman–Crippen MR) is 65.5 cm³/mol. The van der Waals surface area contributed by atoms with Gasteiger partial charge in [-0.15, -0.1) is 11.8 Å². The van der Waals surface area contributed by atoms with Crippen molar-refractivity contribution in [3.63, 3.8) is 0 Å². The Kier molecular flexibility index (Phi) is 5.34. The fraction of sp³-hybridized carbons (Fsp3) is 0.333. The minimum Gasteiger partial charge on any atom is -0.396 e. The van der Waals surface area contributed by atoms with Gasteiger partial charge in [-0.25, -0.2) is 0 Å². The highest BCUT2D eigenvalue weighted by molar-refractivity contribution is 7.99. The van der Waals surface area contributed by atoms with E-state index in [-0.39, 0.29) is 17.3 Å². The van der Waals surface area contributed by atoms with Crippen molar-refractivity contribution in [2.45, 2.75) is 11.3 Å². The molecule has 0 heterocycles. The van der Waals surface area contributed by atoms with E-state index in [4.69, 9.17) is 28.3 Å². The Balaban J connectivity index is 2.95. The van der Waals surface area contributed by atoms with Crippen LogP contribution in [-0.2, 0) is 0 Å². The summed E-state index contributed by atoms with van der Waals surface area (Å²) in [6.07, 6.45) is 0.571. The van der Waals surface area contributed by atoms with Crippen molar-refractivity contribution in [1.29, 1.82) is 0 Å². The van der Waals surface area contributed by atoms with Crippen LogP contribution in [0.25, 0.3) is 0 Å². The zero-order chi connectivity index (χ0) is 12.1. The molecule has 16 heavy (non-hydrogen) atoms. The van der Waals surface area contributed by atoms with Crippen LogP contribution in [-0.4, -0.2) is 22.4 Å². The molecule has 1 aromatic rings. The largest absolute Gasteiger partial charge is 0.396 e. The van der Waals surface area contributed by atoms with Gasteiger partial charge in [-0.2, -0.15) is 0 Å². The first-order valence-electron chi connectivity index (χ1n) is 4.43. The Labute approximate surface area is 107 Å². The fourth-order valence-corrected chi connectivity index (χ4v) is 2.39. The number of hydrogen-bond acceptors (Lipinski definition) is 4. The smallest absolute Gasteiger partial charge is 0.284 e. The van der Waals surface area contributed by atoms with Crippen molar-refractivity contribution in [2.24, 2.45) is 0 Å². The van der Waals surface area contributed by atoms with Crippen molar-refractivity contribution in [1.82, 2.24) is 0 Å². The second-order valence-corrected chi connectivity index (χ2v) is 4.87. The number of thioether (sulfide) groups is 1. The maximum Gasteiger partial charge on any atom is 0.284 e.